The molecule has 0 atom stereocenters. The van der Waals surface area contributed by atoms with Crippen molar-refractivity contribution in [2.75, 3.05) is 33.4 Å². The highest BCUT2D eigenvalue weighted by Crippen LogP contribution is 2.21. The van der Waals surface area contributed by atoms with Crippen molar-refractivity contribution in [2.24, 2.45) is 4.99 Å². The highest BCUT2D eigenvalue weighted by molar-refractivity contribution is 5.79. The topological polar surface area (TPSA) is 93.8 Å². The molecule has 8 nitrogen and oxygen atoms in total. The second kappa shape index (κ2) is 12.8. The molecule has 30 heavy (non-hydrogen) atoms. The second-order valence-electron chi connectivity index (χ2n) is 7.38. The smallest absolute Gasteiger partial charge is 0.226 e. The van der Waals surface area contributed by atoms with Gasteiger partial charge in [-0.3, -0.25) is 0 Å². The van der Waals surface area contributed by atoms with Gasteiger partial charge in [-0.05, 0) is 31.9 Å². The Labute approximate surface area is 179 Å². The number of ether oxygens (including phenoxy) is 2. The first kappa shape index (κ1) is 23.7. The van der Waals surface area contributed by atoms with Crippen LogP contribution < -0.4 is 15.4 Å². The lowest BCUT2D eigenvalue weighted by Crippen LogP contribution is -2.37. The van der Waals surface area contributed by atoms with Gasteiger partial charge in [-0.2, -0.15) is 4.98 Å². The van der Waals surface area contributed by atoms with Crippen molar-refractivity contribution in [3.63, 3.8) is 0 Å². The van der Waals surface area contributed by atoms with Crippen LogP contribution in [0, 0.1) is 6.92 Å². The van der Waals surface area contributed by atoms with E-state index in [4.69, 9.17) is 19.0 Å². The number of aliphatic imine (C=N–C) groups is 1. The number of benzene rings is 1. The monoisotopic (exact) mass is 417 g/mol. The summed E-state index contributed by atoms with van der Waals surface area (Å²) in [5.41, 5.74) is 2.20. The molecule has 2 aromatic rings. The molecular weight excluding hydrogens is 382 g/mol. The highest BCUT2D eigenvalue weighted by atomic mass is 16.5. The minimum atomic E-state index is 0.276. The minimum Gasteiger partial charge on any atom is -0.491 e. The number of aryl methyl sites for hydroxylation is 2. The Balaban J connectivity index is 1.89. The Bertz CT molecular complexity index is 789. The van der Waals surface area contributed by atoms with Crippen LogP contribution in [0.1, 0.15) is 56.0 Å². The predicted octanol–water partition coefficient (Wildman–Crippen LogP) is 3.21. The fourth-order valence-corrected chi connectivity index (χ4v) is 2.72. The van der Waals surface area contributed by atoms with Crippen LogP contribution in [0.4, 0.5) is 0 Å². The first-order chi connectivity index (χ1) is 14.5. The summed E-state index contributed by atoms with van der Waals surface area (Å²) < 4.78 is 16.2. The quantitative estimate of drug-likeness (QED) is 0.311. The van der Waals surface area contributed by atoms with Crippen LogP contribution in [0.5, 0.6) is 5.75 Å². The molecule has 2 rings (SSSR count). The molecule has 0 amide bonds. The number of guanidine groups is 1. The Morgan fingerprint density at radius 3 is 2.77 bits per heavy atom. The summed E-state index contributed by atoms with van der Waals surface area (Å²) in [5, 5.41) is 10.6. The number of aromatic nitrogens is 2. The van der Waals surface area contributed by atoms with Gasteiger partial charge in [0.25, 0.3) is 0 Å². The average molecular weight is 418 g/mol. The number of hydrogen-bond donors (Lipinski definition) is 2. The number of nitrogens with one attached hydrogen (secondary N) is 2. The maximum absolute atomic E-state index is 5.86. The summed E-state index contributed by atoms with van der Waals surface area (Å²) in [7, 11) is 1.67. The van der Waals surface area contributed by atoms with Gasteiger partial charge in [0.1, 0.15) is 12.4 Å². The van der Waals surface area contributed by atoms with Crippen LogP contribution in [0.25, 0.3) is 0 Å². The molecule has 166 valence electrons. The molecule has 0 spiro atoms. The Morgan fingerprint density at radius 2 is 2.07 bits per heavy atom. The van der Waals surface area contributed by atoms with Crippen molar-refractivity contribution in [1.29, 1.82) is 0 Å². The molecule has 0 fully saturated rings. The van der Waals surface area contributed by atoms with Crippen LogP contribution in [-0.2, 0) is 17.7 Å². The standard InChI is InChI=1S/C22H35N5O3/c1-6-23-22(24-11-7-8-20-26-21(16(2)3)27-30-20)25-15-18-10-9-17(4)14-19(18)29-13-12-28-5/h9-10,14,16H,6-8,11-13,15H2,1-5H3,(H2,23,24,25). The maximum atomic E-state index is 5.86. The van der Waals surface area contributed by atoms with Crippen LogP contribution in [0.3, 0.4) is 0 Å². The fourth-order valence-electron chi connectivity index (χ4n) is 2.72. The summed E-state index contributed by atoms with van der Waals surface area (Å²) in [4.78, 5) is 9.12. The van der Waals surface area contributed by atoms with E-state index in [0.29, 0.717) is 25.6 Å². The van der Waals surface area contributed by atoms with Crippen LogP contribution in [0.2, 0.25) is 0 Å². The van der Waals surface area contributed by atoms with E-state index in [1.807, 2.05) is 13.0 Å². The van der Waals surface area contributed by atoms with Crippen molar-refractivity contribution in [3.05, 3.63) is 41.0 Å². The van der Waals surface area contributed by atoms with E-state index in [-0.39, 0.29) is 5.92 Å². The summed E-state index contributed by atoms with van der Waals surface area (Å²) in [5.74, 6) is 3.34. The van der Waals surface area contributed by atoms with Gasteiger partial charge in [0.05, 0.1) is 13.2 Å². The predicted molar refractivity (Wildman–Crippen MR) is 118 cm³/mol. The molecule has 0 bridgehead atoms. The zero-order valence-electron chi connectivity index (χ0n) is 18.8. The number of rotatable bonds is 12. The van der Waals surface area contributed by atoms with Crippen LogP contribution in [0.15, 0.2) is 27.7 Å². The van der Waals surface area contributed by atoms with Gasteiger partial charge in [0.2, 0.25) is 5.89 Å². The van der Waals surface area contributed by atoms with Crippen molar-refractivity contribution in [1.82, 2.24) is 20.8 Å². The summed E-state index contributed by atoms with van der Waals surface area (Å²) in [6.45, 7) is 11.4. The number of methoxy groups -OCH3 is 1. The highest BCUT2D eigenvalue weighted by Gasteiger charge is 2.09. The van der Waals surface area contributed by atoms with Gasteiger partial charge >= 0.3 is 0 Å². The zero-order chi connectivity index (χ0) is 21.8. The SMILES string of the molecule is CCNC(=NCc1ccc(C)cc1OCCOC)NCCCc1nc(C(C)C)no1. The van der Waals surface area contributed by atoms with Crippen molar-refractivity contribution < 1.29 is 14.0 Å². The van der Waals surface area contributed by atoms with Gasteiger partial charge in [-0.25, -0.2) is 4.99 Å². The van der Waals surface area contributed by atoms with Crippen molar-refractivity contribution in [2.45, 2.75) is 53.0 Å². The van der Waals surface area contributed by atoms with E-state index in [1.165, 1.54) is 0 Å². The first-order valence-corrected chi connectivity index (χ1v) is 10.6. The van der Waals surface area contributed by atoms with E-state index in [9.17, 15) is 0 Å². The molecule has 0 radical (unpaired) electrons. The van der Waals surface area contributed by atoms with Gasteiger partial charge in [-0.15, -0.1) is 0 Å². The Kier molecular flexibility index (Phi) is 10.1. The molecular formula is C22H35N5O3. The normalized spacial score (nSPS) is 11.7. The molecule has 1 aromatic carbocycles. The zero-order valence-corrected chi connectivity index (χ0v) is 18.8. The third-order valence-electron chi connectivity index (χ3n) is 4.38. The molecule has 1 aromatic heterocycles. The number of hydrogen-bond acceptors (Lipinski definition) is 6. The molecule has 0 saturated carbocycles. The van der Waals surface area contributed by atoms with Crippen molar-refractivity contribution >= 4 is 5.96 Å². The lowest BCUT2D eigenvalue weighted by Gasteiger charge is -2.13. The van der Waals surface area contributed by atoms with E-state index < -0.39 is 0 Å². The van der Waals surface area contributed by atoms with E-state index >= 15 is 0 Å². The largest absolute Gasteiger partial charge is 0.491 e. The van der Waals surface area contributed by atoms with Crippen LogP contribution >= 0.6 is 0 Å². The summed E-state index contributed by atoms with van der Waals surface area (Å²) in [6, 6.07) is 6.17. The van der Waals surface area contributed by atoms with E-state index in [2.05, 4.69) is 53.7 Å². The van der Waals surface area contributed by atoms with Crippen LogP contribution in [-0.4, -0.2) is 49.5 Å². The first-order valence-electron chi connectivity index (χ1n) is 10.6. The lowest BCUT2D eigenvalue weighted by molar-refractivity contribution is 0.145. The molecule has 0 aliphatic carbocycles. The molecule has 2 N–H and O–H groups in total. The molecule has 8 heteroatoms. The van der Waals surface area contributed by atoms with Crippen molar-refractivity contribution in [3.8, 4) is 5.75 Å². The molecule has 0 aliphatic heterocycles. The van der Waals surface area contributed by atoms with Gasteiger partial charge < -0.3 is 24.6 Å². The second-order valence-corrected chi connectivity index (χ2v) is 7.38. The summed E-state index contributed by atoms with van der Waals surface area (Å²) in [6.07, 6.45) is 1.61. The Morgan fingerprint density at radius 1 is 1.23 bits per heavy atom. The third kappa shape index (κ3) is 8.02. The number of nitrogens with zero attached hydrogens (tertiary/aromatic N) is 3. The van der Waals surface area contributed by atoms with Gasteiger partial charge in [0, 0.05) is 38.1 Å². The lowest BCUT2D eigenvalue weighted by atomic mass is 10.1. The molecule has 0 aliphatic rings. The average Bonchev–Trinajstić information content (AvgIpc) is 3.20. The Hall–Kier alpha value is -2.61. The third-order valence-corrected chi connectivity index (χ3v) is 4.38. The van der Waals surface area contributed by atoms with Gasteiger partial charge in [-0.1, -0.05) is 31.1 Å². The molecule has 0 saturated heterocycles. The molecule has 0 unspecified atom stereocenters. The maximum Gasteiger partial charge on any atom is 0.226 e. The van der Waals surface area contributed by atoms with E-state index in [0.717, 1.165) is 54.6 Å². The van der Waals surface area contributed by atoms with Gasteiger partial charge in [0.15, 0.2) is 11.8 Å². The summed E-state index contributed by atoms with van der Waals surface area (Å²) >= 11 is 0. The van der Waals surface area contributed by atoms with E-state index in [1.54, 1.807) is 7.11 Å². The molecule has 1 heterocycles. The minimum absolute atomic E-state index is 0.276. The fraction of sp³-hybridized carbons (Fsp3) is 0.591.